The lowest BCUT2D eigenvalue weighted by atomic mass is 10.2. The van der Waals surface area contributed by atoms with Gasteiger partial charge in [-0.1, -0.05) is 16.5 Å². The fourth-order valence-electron chi connectivity index (χ4n) is 1.27. The number of sulfonamides is 1. The molecule has 0 N–H and O–H groups in total. The van der Waals surface area contributed by atoms with Gasteiger partial charge in [-0.3, -0.25) is 0 Å². The van der Waals surface area contributed by atoms with Crippen molar-refractivity contribution in [2.45, 2.75) is 25.7 Å². The minimum atomic E-state index is -3.79. The Balaban J connectivity index is 3.09. The lowest BCUT2D eigenvalue weighted by Crippen LogP contribution is -2.13. The zero-order valence-corrected chi connectivity index (χ0v) is 11.5. The minimum Gasteiger partial charge on any atom is -0.450 e. The first-order valence-electron chi connectivity index (χ1n) is 5.66. The molecule has 0 saturated heterocycles. The van der Waals surface area contributed by atoms with Gasteiger partial charge in [0.15, 0.2) is 0 Å². The minimum absolute atomic E-state index is 0.124. The van der Waals surface area contributed by atoms with Crippen LogP contribution < -0.4 is 0 Å². The Morgan fingerprint density at radius 1 is 1.22 bits per heavy atom. The zero-order chi connectivity index (χ0) is 13.6. The molecular weight excluding hydrogens is 254 g/mol. The highest BCUT2D eigenvalue weighted by molar-refractivity contribution is 7.90. The summed E-state index contributed by atoms with van der Waals surface area (Å²) in [5, 5.41) is 0. The average molecular weight is 271 g/mol. The summed E-state index contributed by atoms with van der Waals surface area (Å²) in [6.07, 6.45) is -0.221. The van der Waals surface area contributed by atoms with Crippen LogP contribution in [0.4, 0.5) is 0 Å². The van der Waals surface area contributed by atoms with Gasteiger partial charge in [0.05, 0.1) is 18.1 Å². The summed E-state index contributed by atoms with van der Waals surface area (Å²) in [7, 11) is -3.79. The fourth-order valence-corrected chi connectivity index (χ4v) is 2.26. The maximum absolute atomic E-state index is 12.0. The molecule has 0 aliphatic carbocycles. The van der Waals surface area contributed by atoms with Gasteiger partial charge in [0, 0.05) is 0 Å². The molecule has 0 aliphatic heterocycles. The van der Waals surface area contributed by atoms with Crippen molar-refractivity contribution in [1.82, 2.24) is 0 Å². The molecule has 0 unspecified atom stereocenters. The monoisotopic (exact) mass is 271 g/mol. The van der Waals surface area contributed by atoms with Crippen LogP contribution in [-0.2, 0) is 19.5 Å². The number of aryl methyl sites for hydroxylation is 1. The average Bonchev–Trinajstić information content (AvgIpc) is 2.29. The molecule has 0 atom stereocenters. The predicted molar refractivity (Wildman–Crippen MR) is 69.1 cm³/mol. The fraction of sp³-hybridized carbons (Fsp3) is 0.417. The van der Waals surface area contributed by atoms with Crippen LogP contribution in [0.3, 0.4) is 0 Å². The van der Waals surface area contributed by atoms with Crippen molar-refractivity contribution in [3.05, 3.63) is 29.8 Å². The predicted octanol–water partition coefficient (Wildman–Crippen LogP) is 2.11. The Morgan fingerprint density at radius 2 is 1.83 bits per heavy atom. The van der Waals surface area contributed by atoms with Crippen molar-refractivity contribution in [2.75, 3.05) is 13.2 Å². The first kappa shape index (κ1) is 14.5. The second-order valence-corrected chi connectivity index (χ2v) is 5.12. The largest absolute Gasteiger partial charge is 0.450 e. The van der Waals surface area contributed by atoms with Crippen molar-refractivity contribution >= 4 is 16.1 Å². The van der Waals surface area contributed by atoms with Crippen LogP contribution in [0.5, 0.6) is 0 Å². The summed E-state index contributed by atoms with van der Waals surface area (Å²) < 4.78 is 37.6. The van der Waals surface area contributed by atoms with Crippen LogP contribution in [0.15, 0.2) is 33.6 Å². The number of nitrogens with zero attached hydrogens (tertiary/aromatic N) is 1. The molecule has 0 saturated carbocycles. The van der Waals surface area contributed by atoms with Gasteiger partial charge in [-0.05, 0) is 38.5 Å². The van der Waals surface area contributed by atoms with E-state index in [0.29, 0.717) is 13.2 Å². The highest BCUT2D eigenvalue weighted by atomic mass is 32.2. The summed E-state index contributed by atoms with van der Waals surface area (Å²) in [6.45, 7) is 5.86. The third-order valence-electron chi connectivity index (χ3n) is 2.02. The van der Waals surface area contributed by atoms with E-state index < -0.39 is 10.0 Å². The summed E-state index contributed by atoms with van der Waals surface area (Å²) in [6, 6.07) is 6.52. The number of benzene rings is 1. The molecule has 6 heteroatoms. The summed E-state index contributed by atoms with van der Waals surface area (Å²) in [5.74, 6) is 0. The smallest absolute Gasteiger partial charge is 0.399 e. The molecule has 0 spiro atoms. The van der Waals surface area contributed by atoms with Gasteiger partial charge >= 0.3 is 6.08 Å². The van der Waals surface area contributed by atoms with Crippen LogP contribution in [0.25, 0.3) is 0 Å². The van der Waals surface area contributed by atoms with Crippen LogP contribution in [-0.4, -0.2) is 27.7 Å². The van der Waals surface area contributed by atoms with Crippen molar-refractivity contribution in [3.8, 4) is 0 Å². The third kappa shape index (κ3) is 4.03. The third-order valence-corrected chi connectivity index (χ3v) is 3.26. The van der Waals surface area contributed by atoms with Gasteiger partial charge < -0.3 is 9.47 Å². The van der Waals surface area contributed by atoms with Crippen LogP contribution in [0, 0.1) is 6.92 Å². The Hall–Kier alpha value is -1.56. The SMILES string of the molecule is CCOC(=NS(=O)(=O)c1cccc(C)c1)OCC. The molecule has 100 valence electrons. The van der Waals surface area contributed by atoms with E-state index in [1.54, 1.807) is 26.0 Å². The summed E-state index contributed by atoms with van der Waals surface area (Å²) in [5.41, 5.74) is 0.848. The van der Waals surface area contributed by atoms with E-state index in [1.165, 1.54) is 6.07 Å². The Labute approximate surface area is 108 Å². The highest BCUT2D eigenvalue weighted by Crippen LogP contribution is 2.14. The highest BCUT2D eigenvalue weighted by Gasteiger charge is 2.16. The summed E-state index contributed by atoms with van der Waals surface area (Å²) >= 11 is 0. The van der Waals surface area contributed by atoms with E-state index >= 15 is 0 Å². The van der Waals surface area contributed by atoms with E-state index in [-0.39, 0.29) is 11.0 Å². The number of hydrogen-bond acceptors (Lipinski definition) is 4. The Kier molecular flexibility index (Phi) is 5.15. The first-order chi connectivity index (χ1) is 8.49. The molecule has 0 heterocycles. The Morgan fingerprint density at radius 3 is 2.33 bits per heavy atom. The van der Waals surface area contributed by atoms with Crippen molar-refractivity contribution in [1.29, 1.82) is 0 Å². The van der Waals surface area contributed by atoms with E-state index in [2.05, 4.69) is 4.40 Å². The molecule has 0 aliphatic rings. The van der Waals surface area contributed by atoms with Crippen LogP contribution >= 0.6 is 0 Å². The quantitative estimate of drug-likeness (QED) is 0.621. The number of hydrogen-bond donors (Lipinski definition) is 0. The number of rotatable bonds is 4. The van der Waals surface area contributed by atoms with E-state index in [9.17, 15) is 8.42 Å². The van der Waals surface area contributed by atoms with Gasteiger partial charge in [0.2, 0.25) is 0 Å². The summed E-state index contributed by atoms with van der Waals surface area (Å²) in [4.78, 5) is 0.124. The number of ether oxygens (including phenoxy) is 2. The van der Waals surface area contributed by atoms with Crippen LogP contribution in [0.2, 0.25) is 0 Å². The molecule has 0 bridgehead atoms. The van der Waals surface area contributed by atoms with Crippen LogP contribution in [0.1, 0.15) is 19.4 Å². The first-order valence-corrected chi connectivity index (χ1v) is 7.10. The normalized spacial score (nSPS) is 10.8. The molecule has 0 radical (unpaired) electrons. The molecule has 0 fully saturated rings. The Bertz CT molecular complexity index is 515. The molecular formula is C12H17NO4S. The van der Waals surface area contributed by atoms with E-state index in [0.717, 1.165) is 5.56 Å². The van der Waals surface area contributed by atoms with E-state index in [1.807, 2.05) is 13.0 Å². The maximum Gasteiger partial charge on any atom is 0.399 e. The van der Waals surface area contributed by atoms with Gasteiger partial charge in [-0.25, -0.2) is 0 Å². The van der Waals surface area contributed by atoms with Crippen molar-refractivity contribution in [2.24, 2.45) is 4.40 Å². The second kappa shape index (κ2) is 6.39. The molecule has 5 nitrogen and oxygen atoms in total. The molecule has 0 amide bonds. The lowest BCUT2D eigenvalue weighted by molar-refractivity contribution is 0.182. The van der Waals surface area contributed by atoms with Gasteiger partial charge in [-0.2, -0.15) is 8.42 Å². The van der Waals surface area contributed by atoms with Crippen molar-refractivity contribution < 1.29 is 17.9 Å². The topological polar surface area (TPSA) is 65.0 Å². The molecule has 0 aromatic heterocycles. The molecule has 1 rings (SSSR count). The zero-order valence-electron chi connectivity index (χ0n) is 10.7. The second-order valence-electron chi connectivity index (χ2n) is 3.51. The van der Waals surface area contributed by atoms with E-state index in [4.69, 9.17) is 9.47 Å². The van der Waals surface area contributed by atoms with Gasteiger partial charge in [0.1, 0.15) is 0 Å². The van der Waals surface area contributed by atoms with Crippen molar-refractivity contribution in [3.63, 3.8) is 0 Å². The molecule has 1 aromatic rings. The van der Waals surface area contributed by atoms with Gasteiger partial charge in [-0.15, -0.1) is 0 Å². The standard InChI is InChI=1S/C12H17NO4S/c1-4-16-12(17-5-2)13-18(14,15)11-8-6-7-10(3)9-11/h6-9H,4-5H2,1-3H3. The van der Waals surface area contributed by atoms with Gasteiger partial charge in [0.25, 0.3) is 10.0 Å². The maximum atomic E-state index is 12.0. The lowest BCUT2D eigenvalue weighted by Gasteiger charge is -2.07. The molecule has 1 aromatic carbocycles. The molecule has 18 heavy (non-hydrogen) atoms.